The minimum absolute atomic E-state index is 0.587. The Labute approximate surface area is 128 Å². The Hall–Kier alpha value is -1.26. The third-order valence-electron chi connectivity index (χ3n) is 4.48. The lowest BCUT2D eigenvalue weighted by atomic mass is 9.84. The smallest absolute Gasteiger partial charge is 0.160 e. The molecule has 1 aliphatic rings. The fourth-order valence-electron chi connectivity index (χ4n) is 3.20. The number of methoxy groups -OCH3 is 2. The van der Waals surface area contributed by atoms with Crippen LogP contribution in [-0.2, 0) is 6.42 Å². The van der Waals surface area contributed by atoms with Crippen molar-refractivity contribution in [3.05, 3.63) is 23.8 Å². The summed E-state index contributed by atoms with van der Waals surface area (Å²) in [6, 6.07) is 6.72. The van der Waals surface area contributed by atoms with Crippen LogP contribution in [0, 0.1) is 5.92 Å². The highest BCUT2D eigenvalue weighted by Gasteiger charge is 2.22. The normalized spacial score (nSPS) is 22.0. The van der Waals surface area contributed by atoms with Crippen molar-refractivity contribution in [3.63, 3.8) is 0 Å². The first-order chi connectivity index (χ1) is 10.3. The molecule has 0 aliphatic heterocycles. The quantitative estimate of drug-likeness (QED) is 0.810. The van der Waals surface area contributed by atoms with E-state index >= 15 is 0 Å². The van der Waals surface area contributed by atoms with Crippen LogP contribution in [0.2, 0.25) is 0 Å². The molecule has 2 unspecified atom stereocenters. The van der Waals surface area contributed by atoms with Gasteiger partial charge in [0.25, 0.3) is 0 Å². The Bertz CT molecular complexity index is 437. The fraction of sp³-hybridized carbons (Fsp3) is 0.647. The largest absolute Gasteiger partial charge is 0.493 e. The topological polar surface area (TPSA) is 56.5 Å². The van der Waals surface area contributed by atoms with Gasteiger partial charge < -0.3 is 20.5 Å². The average molecular weight is 292 g/mol. The summed E-state index contributed by atoms with van der Waals surface area (Å²) in [5.74, 6) is 2.22. The average Bonchev–Trinajstić information content (AvgIpc) is 2.55. The molecule has 2 atom stereocenters. The van der Waals surface area contributed by atoms with E-state index in [4.69, 9.17) is 15.2 Å². The molecule has 0 bridgehead atoms. The van der Waals surface area contributed by atoms with E-state index in [0.717, 1.165) is 31.0 Å². The van der Waals surface area contributed by atoms with Crippen LogP contribution >= 0.6 is 0 Å². The summed E-state index contributed by atoms with van der Waals surface area (Å²) in [6.45, 7) is 1.78. The van der Waals surface area contributed by atoms with Gasteiger partial charge in [0.05, 0.1) is 14.2 Å². The van der Waals surface area contributed by atoms with Gasteiger partial charge in [0.2, 0.25) is 0 Å². The minimum Gasteiger partial charge on any atom is -0.493 e. The van der Waals surface area contributed by atoms with Gasteiger partial charge in [-0.2, -0.15) is 0 Å². The third-order valence-corrected chi connectivity index (χ3v) is 4.48. The Morgan fingerprint density at radius 1 is 1.14 bits per heavy atom. The summed E-state index contributed by atoms with van der Waals surface area (Å²) in [4.78, 5) is 0. The fourth-order valence-corrected chi connectivity index (χ4v) is 3.20. The highest BCUT2D eigenvalue weighted by Crippen LogP contribution is 2.28. The second-order valence-corrected chi connectivity index (χ2v) is 5.78. The lowest BCUT2D eigenvalue weighted by Crippen LogP contribution is -2.42. The number of nitrogens with two attached hydrogens (primary N) is 1. The van der Waals surface area contributed by atoms with E-state index < -0.39 is 0 Å². The second kappa shape index (κ2) is 8.25. The SMILES string of the molecule is COc1ccc(CCNC2CCCCC2CN)cc1OC. The maximum atomic E-state index is 5.88. The molecule has 1 fully saturated rings. The van der Waals surface area contributed by atoms with E-state index in [0.29, 0.717) is 12.0 Å². The van der Waals surface area contributed by atoms with Crippen LogP contribution in [0.25, 0.3) is 0 Å². The molecule has 0 aromatic heterocycles. The summed E-state index contributed by atoms with van der Waals surface area (Å²) in [5.41, 5.74) is 7.14. The van der Waals surface area contributed by atoms with Gasteiger partial charge in [0, 0.05) is 6.04 Å². The molecule has 2 rings (SSSR count). The van der Waals surface area contributed by atoms with Gasteiger partial charge in [-0.15, -0.1) is 0 Å². The van der Waals surface area contributed by atoms with Gasteiger partial charge >= 0.3 is 0 Å². The zero-order valence-corrected chi connectivity index (χ0v) is 13.2. The molecule has 1 aromatic rings. The van der Waals surface area contributed by atoms with Gasteiger partial charge in [0.1, 0.15) is 0 Å². The molecule has 21 heavy (non-hydrogen) atoms. The van der Waals surface area contributed by atoms with Crippen LogP contribution in [0.3, 0.4) is 0 Å². The Kier molecular flexibility index (Phi) is 6.33. The molecule has 1 saturated carbocycles. The van der Waals surface area contributed by atoms with Gasteiger partial charge in [-0.05, 0) is 56.0 Å². The van der Waals surface area contributed by atoms with Crippen molar-refractivity contribution >= 4 is 0 Å². The Morgan fingerprint density at radius 2 is 1.90 bits per heavy atom. The van der Waals surface area contributed by atoms with Gasteiger partial charge in [-0.25, -0.2) is 0 Å². The number of hydrogen-bond acceptors (Lipinski definition) is 4. The van der Waals surface area contributed by atoms with Crippen LogP contribution in [0.15, 0.2) is 18.2 Å². The first-order valence-corrected chi connectivity index (χ1v) is 7.92. The molecule has 4 heteroatoms. The molecule has 118 valence electrons. The van der Waals surface area contributed by atoms with Crippen molar-refractivity contribution in [2.75, 3.05) is 27.3 Å². The predicted molar refractivity (Wildman–Crippen MR) is 86.1 cm³/mol. The first-order valence-electron chi connectivity index (χ1n) is 7.92. The third kappa shape index (κ3) is 4.35. The maximum Gasteiger partial charge on any atom is 0.160 e. The maximum absolute atomic E-state index is 5.88. The molecule has 0 spiro atoms. The van der Waals surface area contributed by atoms with E-state index in [-0.39, 0.29) is 0 Å². The van der Waals surface area contributed by atoms with Crippen LogP contribution < -0.4 is 20.5 Å². The van der Waals surface area contributed by atoms with Crippen molar-refractivity contribution in [2.24, 2.45) is 11.7 Å². The first kappa shape index (κ1) is 16.1. The number of ether oxygens (including phenoxy) is 2. The minimum atomic E-state index is 0.587. The van der Waals surface area contributed by atoms with Crippen molar-refractivity contribution in [3.8, 4) is 11.5 Å². The number of hydrogen-bond donors (Lipinski definition) is 2. The Morgan fingerprint density at radius 3 is 2.62 bits per heavy atom. The molecular weight excluding hydrogens is 264 g/mol. The van der Waals surface area contributed by atoms with Crippen molar-refractivity contribution in [1.29, 1.82) is 0 Å². The molecule has 3 N–H and O–H groups in total. The van der Waals surface area contributed by atoms with E-state index in [1.807, 2.05) is 6.07 Å². The molecule has 1 aromatic carbocycles. The summed E-state index contributed by atoms with van der Waals surface area (Å²) in [5, 5.41) is 3.69. The molecule has 0 amide bonds. The predicted octanol–water partition coefficient (Wildman–Crippen LogP) is 2.35. The lowest BCUT2D eigenvalue weighted by molar-refractivity contribution is 0.269. The molecule has 0 radical (unpaired) electrons. The van der Waals surface area contributed by atoms with E-state index in [9.17, 15) is 0 Å². The van der Waals surface area contributed by atoms with Crippen LogP contribution in [0.5, 0.6) is 11.5 Å². The standard InChI is InChI=1S/C17H28N2O2/c1-20-16-8-7-13(11-17(16)21-2)9-10-19-15-6-4-3-5-14(15)12-18/h7-8,11,14-15,19H,3-6,9-10,12,18H2,1-2H3. The van der Waals surface area contributed by atoms with Crippen LogP contribution in [0.4, 0.5) is 0 Å². The molecular formula is C17H28N2O2. The zero-order valence-electron chi connectivity index (χ0n) is 13.2. The highest BCUT2D eigenvalue weighted by molar-refractivity contribution is 5.42. The van der Waals surface area contributed by atoms with Crippen molar-refractivity contribution < 1.29 is 9.47 Å². The van der Waals surface area contributed by atoms with E-state index in [1.165, 1.54) is 31.2 Å². The van der Waals surface area contributed by atoms with Gasteiger partial charge in [-0.3, -0.25) is 0 Å². The number of benzene rings is 1. The zero-order chi connectivity index (χ0) is 15.1. The number of nitrogens with one attached hydrogen (secondary N) is 1. The molecule has 1 aliphatic carbocycles. The summed E-state index contributed by atoms with van der Waals surface area (Å²) in [7, 11) is 3.34. The van der Waals surface area contributed by atoms with Crippen molar-refractivity contribution in [2.45, 2.75) is 38.1 Å². The lowest BCUT2D eigenvalue weighted by Gasteiger charge is -2.31. The van der Waals surface area contributed by atoms with Crippen molar-refractivity contribution in [1.82, 2.24) is 5.32 Å². The van der Waals surface area contributed by atoms with E-state index in [1.54, 1.807) is 14.2 Å². The van der Waals surface area contributed by atoms with Gasteiger partial charge in [-0.1, -0.05) is 18.9 Å². The van der Waals surface area contributed by atoms with Gasteiger partial charge in [0.15, 0.2) is 11.5 Å². The second-order valence-electron chi connectivity index (χ2n) is 5.78. The van der Waals surface area contributed by atoms with E-state index in [2.05, 4.69) is 17.4 Å². The monoisotopic (exact) mass is 292 g/mol. The Balaban J connectivity index is 1.85. The molecule has 4 nitrogen and oxygen atoms in total. The summed E-state index contributed by atoms with van der Waals surface area (Å²) in [6.07, 6.45) is 6.17. The summed E-state index contributed by atoms with van der Waals surface area (Å²) >= 11 is 0. The van der Waals surface area contributed by atoms with Crippen LogP contribution in [0.1, 0.15) is 31.2 Å². The molecule has 0 saturated heterocycles. The summed E-state index contributed by atoms with van der Waals surface area (Å²) < 4.78 is 10.6. The molecule has 0 heterocycles. The number of rotatable bonds is 7. The highest BCUT2D eigenvalue weighted by atomic mass is 16.5. The van der Waals surface area contributed by atoms with Crippen LogP contribution in [-0.4, -0.2) is 33.4 Å².